The maximum Gasteiger partial charge on any atom is 0.257 e. The lowest BCUT2D eigenvalue weighted by molar-refractivity contribution is -0.0767. The summed E-state index contributed by atoms with van der Waals surface area (Å²) in [5.41, 5.74) is 2.20. The Morgan fingerprint density at radius 1 is 1.00 bits per heavy atom. The Bertz CT molecular complexity index is 1140. The number of benzene rings is 2. The summed E-state index contributed by atoms with van der Waals surface area (Å²) in [6.45, 7) is 11.6. The van der Waals surface area contributed by atoms with Crippen LogP contribution in [0.25, 0.3) is 11.5 Å². The van der Waals surface area contributed by atoms with Gasteiger partial charge < -0.3 is 19.7 Å². The van der Waals surface area contributed by atoms with E-state index >= 15 is 0 Å². The highest BCUT2D eigenvalue weighted by atomic mass is 16.5. The first kappa shape index (κ1) is 23.2. The number of nitrogens with one attached hydrogen (secondary N) is 1. The Morgan fingerprint density at radius 2 is 1.71 bits per heavy atom. The van der Waals surface area contributed by atoms with Crippen molar-refractivity contribution in [2.24, 2.45) is 5.41 Å². The van der Waals surface area contributed by atoms with Crippen LogP contribution in [0.1, 0.15) is 69.0 Å². The highest BCUT2D eigenvalue weighted by Crippen LogP contribution is 2.48. The van der Waals surface area contributed by atoms with Crippen LogP contribution in [0.4, 0.5) is 0 Å². The van der Waals surface area contributed by atoms with Crippen LogP contribution in [0.3, 0.4) is 0 Å². The summed E-state index contributed by atoms with van der Waals surface area (Å²) in [7, 11) is 0. The Kier molecular flexibility index (Phi) is 5.87. The van der Waals surface area contributed by atoms with Crippen molar-refractivity contribution >= 4 is 0 Å². The van der Waals surface area contributed by atoms with Gasteiger partial charge in [0.1, 0.15) is 5.60 Å². The molecule has 5 rings (SSSR count). The Labute approximate surface area is 201 Å². The lowest BCUT2D eigenvalue weighted by Gasteiger charge is -2.52. The number of hydrogen-bond donors (Lipinski definition) is 2. The van der Waals surface area contributed by atoms with E-state index in [4.69, 9.17) is 14.2 Å². The summed E-state index contributed by atoms with van der Waals surface area (Å²) in [6, 6.07) is 16.3. The summed E-state index contributed by atoms with van der Waals surface area (Å²) >= 11 is 0. The second-order valence-corrected chi connectivity index (χ2v) is 10.8. The van der Waals surface area contributed by atoms with Crippen LogP contribution >= 0.6 is 0 Å². The van der Waals surface area contributed by atoms with Crippen LogP contribution in [-0.4, -0.2) is 41.6 Å². The van der Waals surface area contributed by atoms with E-state index in [9.17, 15) is 5.11 Å². The summed E-state index contributed by atoms with van der Waals surface area (Å²) in [4.78, 5) is 4.77. The molecule has 6 heteroatoms. The Morgan fingerprint density at radius 3 is 2.32 bits per heavy atom. The fourth-order valence-electron chi connectivity index (χ4n) is 5.24. The van der Waals surface area contributed by atoms with Crippen molar-refractivity contribution in [3.8, 4) is 11.5 Å². The van der Waals surface area contributed by atoms with E-state index in [-0.39, 0.29) is 10.8 Å². The van der Waals surface area contributed by atoms with E-state index in [1.165, 1.54) is 5.56 Å². The van der Waals surface area contributed by atoms with Crippen molar-refractivity contribution in [2.45, 2.75) is 57.5 Å². The second kappa shape index (κ2) is 8.59. The third-order valence-electron chi connectivity index (χ3n) is 7.99. The van der Waals surface area contributed by atoms with Crippen LogP contribution in [-0.2, 0) is 15.8 Å². The molecule has 0 spiro atoms. The van der Waals surface area contributed by atoms with Gasteiger partial charge in [-0.1, -0.05) is 69.2 Å². The molecule has 1 atom stereocenters. The molecule has 0 saturated carbocycles. The van der Waals surface area contributed by atoms with Crippen molar-refractivity contribution < 1.29 is 14.4 Å². The van der Waals surface area contributed by atoms with Crippen molar-refractivity contribution in [1.82, 2.24) is 15.5 Å². The molecule has 1 aromatic heterocycles. The number of nitrogens with zero attached hydrogens (tertiary/aromatic N) is 2. The SMILES string of the molecule is CC(C)c1ccc(C(O)(c2cccc(-c3nc(C4(C)CCOCC4)no3)c2)C2(C)CNC2)cc1. The molecule has 6 nitrogen and oxygen atoms in total. The molecule has 34 heavy (non-hydrogen) atoms. The molecule has 2 saturated heterocycles. The highest BCUT2D eigenvalue weighted by Gasteiger charge is 2.53. The van der Waals surface area contributed by atoms with Gasteiger partial charge in [-0.15, -0.1) is 0 Å². The average Bonchev–Trinajstić information content (AvgIpc) is 3.34. The first-order valence-electron chi connectivity index (χ1n) is 12.3. The highest BCUT2D eigenvalue weighted by molar-refractivity contribution is 5.57. The Hall–Kier alpha value is -2.54. The van der Waals surface area contributed by atoms with Gasteiger partial charge >= 0.3 is 0 Å². The predicted molar refractivity (Wildman–Crippen MR) is 132 cm³/mol. The fraction of sp³-hybridized carbons (Fsp3) is 0.500. The molecule has 2 fully saturated rings. The monoisotopic (exact) mass is 461 g/mol. The number of aromatic nitrogens is 2. The molecular weight excluding hydrogens is 426 g/mol. The Balaban J connectivity index is 1.53. The fourth-order valence-corrected chi connectivity index (χ4v) is 5.24. The first-order valence-corrected chi connectivity index (χ1v) is 12.3. The zero-order valence-corrected chi connectivity index (χ0v) is 20.6. The van der Waals surface area contributed by atoms with Gasteiger partial charge in [0.05, 0.1) is 0 Å². The van der Waals surface area contributed by atoms with Gasteiger partial charge in [-0.3, -0.25) is 0 Å². The molecule has 3 heterocycles. The molecule has 0 aliphatic carbocycles. The van der Waals surface area contributed by atoms with Gasteiger partial charge in [-0.25, -0.2) is 0 Å². The van der Waals surface area contributed by atoms with Crippen LogP contribution in [0, 0.1) is 5.41 Å². The zero-order valence-electron chi connectivity index (χ0n) is 20.6. The van der Waals surface area contributed by atoms with Crippen LogP contribution in [0.15, 0.2) is 53.1 Å². The van der Waals surface area contributed by atoms with Gasteiger partial charge in [0.2, 0.25) is 0 Å². The zero-order chi connectivity index (χ0) is 24.0. The molecule has 2 N–H and O–H groups in total. The topological polar surface area (TPSA) is 80.4 Å². The molecule has 3 aromatic rings. The molecule has 0 bridgehead atoms. The maximum atomic E-state index is 12.4. The third-order valence-corrected chi connectivity index (χ3v) is 7.99. The largest absolute Gasteiger partial charge is 0.381 e. The molecular formula is C28H35N3O3. The maximum absolute atomic E-state index is 12.4. The number of ether oxygens (including phenoxy) is 1. The van der Waals surface area contributed by atoms with Gasteiger partial charge in [0.25, 0.3) is 5.89 Å². The normalized spacial score (nSPS) is 21.1. The summed E-state index contributed by atoms with van der Waals surface area (Å²) in [5.74, 6) is 1.65. The molecule has 180 valence electrons. The lowest BCUT2D eigenvalue weighted by Crippen LogP contribution is -2.63. The molecule has 1 unspecified atom stereocenters. The summed E-state index contributed by atoms with van der Waals surface area (Å²) in [6.07, 6.45) is 1.76. The minimum Gasteiger partial charge on any atom is -0.381 e. The van der Waals surface area contributed by atoms with Gasteiger partial charge in [-0.2, -0.15) is 4.98 Å². The van der Waals surface area contributed by atoms with Gasteiger partial charge in [0.15, 0.2) is 5.82 Å². The van der Waals surface area contributed by atoms with E-state index in [2.05, 4.69) is 62.4 Å². The lowest BCUT2D eigenvalue weighted by atomic mass is 9.62. The second-order valence-electron chi connectivity index (χ2n) is 10.8. The van der Waals surface area contributed by atoms with Gasteiger partial charge in [-0.05, 0) is 47.6 Å². The molecule has 2 aliphatic rings. The van der Waals surface area contributed by atoms with Crippen LogP contribution in [0.5, 0.6) is 0 Å². The van der Waals surface area contributed by atoms with Crippen molar-refractivity contribution in [3.63, 3.8) is 0 Å². The van der Waals surface area contributed by atoms with Gasteiger partial charge in [0, 0.05) is 42.7 Å². The van der Waals surface area contributed by atoms with E-state index in [1.807, 2.05) is 24.3 Å². The summed E-state index contributed by atoms with van der Waals surface area (Å²) in [5, 5.41) is 20.0. The van der Waals surface area contributed by atoms with E-state index in [0.717, 1.165) is 48.4 Å². The number of rotatable bonds is 6. The van der Waals surface area contributed by atoms with E-state index in [1.54, 1.807) is 0 Å². The average molecular weight is 462 g/mol. The molecule has 0 amide bonds. The minimum absolute atomic E-state index is 0.137. The quantitative estimate of drug-likeness (QED) is 0.550. The minimum atomic E-state index is -1.15. The standard InChI is InChI=1S/C28H35N3O3/c1-19(2)20-8-10-22(11-9-20)28(32,27(4)17-29-18-27)23-7-5-6-21(16-23)24-30-25(31-34-24)26(3)12-14-33-15-13-26/h5-11,16,19,29,32H,12-15,17-18H2,1-4H3. The van der Waals surface area contributed by atoms with E-state index < -0.39 is 5.60 Å². The van der Waals surface area contributed by atoms with Crippen molar-refractivity contribution in [1.29, 1.82) is 0 Å². The smallest absolute Gasteiger partial charge is 0.257 e. The number of aliphatic hydroxyl groups is 1. The summed E-state index contributed by atoms with van der Waals surface area (Å²) < 4.78 is 11.2. The molecule has 2 aromatic carbocycles. The predicted octanol–water partition coefficient (Wildman–Crippen LogP) is 4.77. The van der Waals surface area contributed by atoms with Crippen molar-refractivity contribution in [2.75, 3.05) is 26.3 Å². The number of hydrogen-bond acceptors (Lipinski definition) is 6. The molecule has 0 radical (unpaired) electrons. The van der Waals surface area contributed by atoms with E-state index in [0.29, 0.717) is 25.0 Å². The first-order chi connectivity index (χ1) is 16.3. The van der Waals surface area contributed by atoms with Crippen molar-refractivity contribution in [3.05, 3.63) is 71.0 Å². The van der Waals surface area contributed by atoms with Crippen LogP contribution < -0.4 is 5.32 Å². The third kappa shape index (κ3) is 3.78. The van der Waals surface area contributed by atoms with Crippen LogP contribution in [0.2, 0.25) is 0 Å². The molecule has 2 aliphatic heterocycles.